The van der Waals surface area contributed by atoms with Crippen LogP contribution in [0.2, 0.25) is 0 Å². The van der Waals surface area contributed by atoms with Gasteiger partial charge >= 0.3 is 0 Å². The Hall–Kier alpha value is -2.89. The molecule has 2 amide bonds. The maximum Gasteiger partial charge on any atom is 0.243 e. The number of hydrogen-bond donors (Lipinski definition) is 2. The summed E-state index contributed by atoms with van der Waals surface area (Å²) in [5, 5.41) is 2.65. The number of nitrogens with zero attached hydrogens (tertiary/aromatic N) is 1. The Morgan fingerprint density at radius 3 is 2.75 bits per heavy atom. The van der Waals surface area contributed by atoms with Gasteiger partial charge in [-0.15, -0.1) is 0 Å². The van der Waals surface area contributed by atoms with Crippen LogP contribution in [-0.2, 0) is 16.0 Å². The summed E-state index contributed by atoms with van der Waals surface area (Å²) >= 11 is 0. The van der Waals surface area contributed by atoms with Crippen molar-refractivity contribution in [3.8, 4) is 0 Å². The molecule has 24 heavy (non-hydrogen) atoms. The highest BCUT2D eigenvalue weighted by molar-refractivity contribution is 5.96. The number of carbonyl (C=O) groups is 2. The van der Waals surface area contributed by atoms with Gasteiger partial charge < -0.3 is 16.0 Å². The molecule has 1 unspecified atom stereocenters. The van der Waals surface area contributed by atoms with Crippen LogP contribution >= 0.6 is 0 Å². The van der Waals surface area contributed by atoms with E-state index in [1.807, 2.05) is 24.3 Å². The van der Waals surface area contributed by atoms with E-state index in [1.54, 1.807) is 11.0 Å². The predicted molar refractivity (Wildman–Crippen MR) is 90.1 cm³/mol. The van der Waals surface area contributed by atoms with Crippen LogP contribution in [0.15, 0.2) is 48.5 Å². The van der Waals surface area contributed by atoms with Crippen molar-refractivity contribution in [1.82, 2.24) is 0 Å². The Labute approximate surface area is 139 Å². The van der Waals surface area contributed by atoms with Gasteiger partial charge in [0.2, 0.25) is 11.8 Å². The number of benzene rings is 2. The van der Waals surface area contributed by atoms with Crippen LogP contribution in [0.1, 0.15) is 12.0 Å². The lowest BCUT2D eigenvalue weighted by Crippen LogP contribution is -2.50. The number of hydrogen-bond acceptors (Lipinski definition) is 3. The van der Waals surface area contributed by atoms with Crippen molar-refractivity contribution in [3.63, 3.8) is 0 Å². The van der Waals surface area contributed by atoms with Gasteiger partial charge in [0.25, 0.3) is 0 Å². The van der Waals surface area contributed by atoms with Crippen molar-refractivity contribution in [2.75, 3.05) is 16.8 Å². The van der Waals surface area contributed by atoms with Gasteiger partial charge in [0.05, 0.1) is 6.54 Å². The molecule has 0 fully saturated rings. The zero-order valence-electron chi connectivity index (χ0n) is 13.0. The topological polar surface area (TPSA) is 75.4 Å². The van der Waals surface area contributed by atoms with Crippen molar-refractivity contribution in [1.29, 1.82) is 0 Å². The first kappa shape index (κ1) is 16.0. The minimum Gasteiger partial charge on any atom is -0.368 e. The van der Waals surface area contributed by atoms with E-state index < -0.39 is 17.8 Å². The van der Waals surface area contributed by atoms with Crippen LogP contribution in [0.3, 0.4) is 0 Å². The molecule has 3 N–H and O–H groups in total. The summed E-state index contributed by atoms with van der Waals surface area (Å²) in [6, 6.07) is 12.8. The molecule has 2 aromatic carbocycles. The minimum atomic E-state index is -0.529. The first-order chi connectivity index (χ1) is 11.5. The third kappa shape index (κ3) is 3.37. The zero-order valence-corrected chi connectivity index (χ0v) is 13.0. The summed E-state index contributed by atoms with van der Waals surface area (Å²) in [6.45, 7) is -0.0267. The molecule has 0 saturated heterocycles. The lowest BCUT2D eigenvalue weighted by Gasteiger charge is -2.36. The summed E-state index contributed by atoms with van der Waals surface area (Å²) in [4.78, 5) is 25.8. The van der Waals surface area contributed by atoms with E-state index in [4.69, 9.17) is 5.73 Å². The van der Waals surface area contributed by atoms with Crippen LogP contribution in [0.25, 0.3) is 0 Å². The summed E-state index contributed by atoms with van der Waals surface area (Å²) in [7, 11) is 0. The van der Waals surface area contributed by atoms with Gasteiger partial charge in [-0.3, -0.25) is 9.59 Å². The quantitative estimate of drug-likeness (QED) is 0.903. The van der Waals surface area contributed by atoms with Gasteiger partial charge in [-0.05, 0) is 42.7 Å². The number of anilines is 2. The molecule has 6 heteroatoms. The number of aryl methyl sites for hydroxylation is 1. The number of fused-ring (bicyclic) bond motifs is 1. The van der Waals surface area contributed by atoms with Crippen molar-refractivity contribution in [2.45, 2.75) is 18.9 Å². The van der Waals surface area contributed by atoms with E-state index in [2.05, 4.69) is 5.32 Å². The van der Waals surface area contributed by atoms with Crippen molar-refractivity contribution in [3.05, 3.63) is 59.9 Å². The fraction of sp³-hybridized carbons (Fsp3) is 0.222. The lowest BCUT2D eigenvalue weighted by molar-refractivity contribution is -0.119. The number of nitrogens with two attached hydrogens (primary N) is 1. The fourth-order valence-corrected chi connectivity index (χ4v) is 3.03. The summed E-state index contributed by atoms with van der Waals surface area (Å²) in [5.41, 5.74) is 7.79. The maximum atomic E-state index is 13.2. The molecular formula is C18H18FN3O2. The number of primary amides is 1. The molecule has 1 aliphatic rings. The minimum absolute atomic E-state index is 0.0267. The maximum absolute atomic E-state index is 13.2. The van der Waals surface area contributed by atoms with Crippen molar-refractivity contribution < 1.29 is 14.0 Å². The number of rotatable bonds is 4. The highest BCUT2D eigenvalue weighted by Gasteiger charge is 2.31. The molecule has 124 valence electrons. The van der Waals surface area contributed by atoms with Crippen LogP contribution in [0, 0.1) is 5.82 Å². The molecular weight excluding hydrogens is 309 g/mol. The normalized spacial score (nSPS) is 16.4. The van der Waals surface area contributed by atoms with Crippen LogP contribution in [0.4, 0.5) is 15.8 Å². The fourth-order valence-electron chi connectivity index (χ4n) is 3.03. The Morgan fingerprint density at radius 2 is 2.00 bits per heavy atom. The van der Waals surface area contributed by atoms with Gasteiger partial charge in [-0.2, -0.15) is 0 Å². The van der Waals surface area contributed by atoms with Crippen LogP contribution in [-0.4, -0.2) is 24.4 Å². The summed E-state index contributed by atoms with van der Waals surface area (Å²) < 4.78 is 13.2. The molecule has 5 nitrogen and oxygen atoms in total. The molecule has 0 aromatic heterocycles. The molecule has 0 spiro atoms. The molecule has 0 saturated carbocycles. The average molecular weight is 327 g/mol. The van der Waals surface area contributed by atoms with Crippen molar-refractivity contribution >= 4 is 23.2 Å². The van der Waals surface area contributed by atoms with Gasteiger partial charge in [-0.25, -0.2) is 4.39 Å². The van der Waals surface area contributed by atoms with Gasteiger partial charge in [0, 0.05) is 11.4 Å². The second-order valence-corrected chi connectivity index (χ2v) is 5.77. The zero-order chi connectivity index (χ0) is 17.1. The molecule has 0 bridgehead atoms. The largest absolute Gasteiger partial charge is 0.368 e. The Morgan fingerprint density at radius 1 is 1.21 bits per heavy atom. The standard InChI is InChI=1S/C18H18FN3O2/c19-13-5-3-6-14(10-13)21-17(23)11-22-15-7-2-1-4-12(15)8-9-16(22)18(20)24/h1-7,10,16H,8-9,11H2,(H2,20,24)(H,21,23). The van der Waals surface area contributed by atoms with E-state index in [-0.39, 0.29) is 12.5 Å². The molecule has 1 heterocycles. The second kappa shape index (κ2) is 6.70. The Bertz CT molecular complexity index is 778. The predicted octanol–water partition coefficient (Wildman–Crippen LogP) is 2.07. The molecule has 1 atom stereocenters. The number of amides is 2. The van der Waals surface area contributed by atoms with Gasteiger partial charge in [-0.1, -0.05) is 24.3 Å². The monoisotopic (exact) mass is 327 g/mol. The van der Waals surface area contributed by atoms with E-state index in [0.717, 1.165) is 17.7 Å². The van der Waals surface area contributed by atoms with E-state index in [9.17, 15) is 14.0 Å². The third-order valence-corrected chi connectivity index (χ3v) is 4.12. The van der Waals surface area contributed by atoms with E-state index in [1.165, 1.54) is 18.2 Å². The second-order valence-electron chi connectivity index (χ2n) is 5.77. The number of para-hydroxylation sites is 1. The SMILES string of the molecule is NC(=O)C1CCc2ccccc2N1CC(=O)Nc1cccc(F)c1. The number of carbonyl (C=O) groups excluding carboxylic acids is 2. The molecule has 1 aliphatic heterocycles. The van der Waals surface area contributed by atoms with Gasteiger partial charge in [0.1, 0.15) is 11.9 Å². The Kier molecular flexibility index (Phi) is 4.46. The number of nitrogens with one attached hydrogen (secondary N) is 1. The first-order valence-electron chi connectivity index (χ1n) is 7.74. The van der Waals surface area contributed by atoms with Crippen LogP contribution in [0.5, 0.6) is 0 Å². The smallest absolute Gasteiger partial charge is 0.243 e. The molecule has 3 rings (SSSR count). The van der Waals surface area contributed by atoms with E-state index >= 15 is 0 Å². The highest BCUT2D eigenvalue weighted by atomic mass is 19.1. The summed E-state index contributed by atoms with van der Waals surface area (Å²) in [5.74, 6) is -1.21. The average Bonchev–Trinajstić information content (AvgIpc) is 2.54. The first-order valence-corrected chi connectivity index (χ1v) is 7.74. The lowest BCUT2D eigenvalue weighted by atomic mass is 9.95. The third-order valence-electron chi connectivity index (χ3n) is 4.12. The molecule has 0 radical (unpaired) electrons. The van der Waals surface area contributed by atoms with Crippen molar-refractivity contribution in [2.24, 2.45) is 5.73 Å². The summed E-state index contributed by atoms with van der Waals surface area (Å²) in [6.07, 6.45) is 1.31. The molecule has 2 aromatic rings. The van der Waals surface area contributed by atoms with E-state index in [0.29, 0.717) is 12.1 Å². The number of halogens is 1. The van der Waals surface area contributed by atoms with Crippen LogP contribution < -0.4 is 16.0 Å². The Balaban J connectivity index is 1.80. The molecule has 0 aliphatic carbocycles. The highest BCUT2D eigenvalue weighted by Crippen LogP contribution is 2.30. The van der Waals surface area contributed by atoms with Gasteiger partial charge in [0.15, 0.2) is 0 Å².